The van der Waals surface area contributed by atoms with Crippen molar-refractivity contribution in [1.82, 2.24) is 0 Å². The lowest BCUT2D eigenvalue weighted by atomic mass is 10.1. The Kier molecular flexibility index (Phi) is 4.39. The fourth-order valence-corrected chi connectivity index (χ4v) is 1.08. The molecule has 12 heavy (non-hydrogen) atoms. The standard InChI is InChI=1S/C8H10ClNO.ClH/c1-5(10)6-3-2-4-7(9)8(6)11;/h2-5,11H,10H2,1H3;1H/t5-;/m1./s1. The zero-order valence-electron chi connectivity index (χ0n) is 6.62. The average Bonchev–Trinajstić information content (AvgIpc) is 1.94. The topological polar surface area (TPSA) is 46.2 Å². The lowest BCUT2D eigenvalue weighted by molar-refractivity contribution is 0.464. The van der Waals surface area contributed by atoms with Crippen LogP contribution in [0.25, 0.3) is 0 Å². The smallest absolute Gasteiger partial charge is 0.138 e. The summed E-state index contributed by atoms with van der Waals surface area (Å²) in [7, 11) is 0. The van der Waals surface area contributed by atoms with Gasteiger partial charge in [-0.1, -0.05) is 23.7 Å². The monoisotopic (exact) mass is 207 g/mol. The van der Waals surface area contributed by atoms with Crippen molar-refractivity contribution in [2.45, 2.75) is 13.0 Å². The summed E-state index contributed by atoms with van der Waals surface area (Å²) < 4.78 is 0. The summed E-state index contributed by atoms with van der Waals surface area (Å²) in [6.07, 6.45) is 0. The predicted molar refractivity (Wildman–Crippen MR) is 53.0 cm³/mol. The molecule has 68 valence electrons. The number of phenols is 1. The first-order chi connectivity index (χ1) is 5.13. The van der Waals surface area contributed by atoms with E-state index in [-0.39, 0.29) is 24.2 Å². The minimum atomic E-state index is -0.186. The van der Waals surface area contributed by atoms with Gasteiger partial charge in [-0.05, 0) is 13.0 Å². The summed E-state index contributed by atoms with van der Waals surface area (Å²) in [5, 5.41) is 9.70. The zero-order chi connectivity index (χ0) is 8.43. The van der Waals surface area contributed by atoms with Crippen LogP contribution in [0.1, 0.15) is 18.5 Å². The quantitative estimate of drug-likeness (QED) is 0.744. The molecule has 0 aromatic heterocycles. The summed E-state index contributed by atoms with van der Waals surface area (Å²) in [5.74, 6) is 0.0872. The first-order valence-corrected chi connectivity index (χ1v) is 3.73. The van der Waals surface area contributed by atoms with Crippen LogP contribution in [0, 0.1) is 0 Å². The molecule has 4 heteroatoms. The molecule has 0 aliphatic rings. The van der Waals surface area contributed by atoms with Crippen LogP contribution in [-0.4, -0.2) is 5.11 Å². The van der Waals surface area contributed by atoms with Crippen molar-refractivity contribution in [3.05, 3.63) is 28.8 Å². The number of hydrogen-bond donors (Lipinski definition) is 2. The number of halogens is 2. The average molecular weight is 208 g/mol. The first kappa shape index (κ1) is 11.6. The largest absolute Gasteiger partial charge is 0.506 e. The van der Waals surface area contributed by atoms with E-state index in [0.717, 1.165) is 0 Å². The third kappa shape index (κ3) is 2.27. The molecule has 0 aliphatic carbocycles. The van der Waals surface area contributed by atoms with Crippen molar-refractivity contribution in [3.8, 4) is 5.75 Å². The molecule has 1 aromatic carbocycles. The second kappa shape index (κ2) is 4.55. The minimum absolute atomic E-state index is 0. The number of rotatable bonds is 1. The van der Waals surface area contributed by atoms with Crippen molar-refractivity contribution in [2.24, 2.45) is 5.73 Å². The van der Waals surface area contributed by atoms with Gasteiger partial charge in [0.25, 0.3) is 0 Å². The van der Waals surface area contributed by atoms with Crippen LogP contribution in [0.2, 0.25) is 5.02 Å². The molecular formula is C8H11Cl2NO. The lowest BCUT2D eigenvalue weighted by Crippen LogP contribution is -2.04. The van der Waals surface area contributed by atoms with E-state index < -0.39 is 0 Å². The second-order valence-electron chi connectivity index (χ2n) is 2.47. The molecule has 0 radical (unpaired) electrons. The van der Waals surface area contributed by atoms with Crippen LogP contribution < -0.4 is 5.73 Å². The number of phenolic OH excluding ortho intramolecular Hbond substituents is 1. The number of aromatic hydroxyl groups is 1. The van der Waals surface area contributed by atoms with Gasteiger partial charge in [-0.3, -0.25) is 0 Å². The zero-order valence-corrected chi connectivity index (χ0v) is 8.19. The van der Waals surface area contributed by atoms with Crippen molar-refractivity contribution < 1.29 is 5.11 Å². The van der Waals surface area contributed by atoms with E-state index in [1.54, 1.807) is 25.1 Å². The highest BCUT2D eigenvalue weighted by Crippen LogP contribution is 2.29. The molecule has 0 fully saturated rings. The second-order valence-corrected chi connectivity index (χ2v) is 2.87. The molecule has 0 heterocycles. The van der Waals surface area contributed by atoms with Gasteiger partial charge in [0.05, 0.1) is 5.02 Å². The Morgan fingerprint density at radius 3 is 2.50 bits per heavy atom. The van der Waals surface area contributed by atoms with Gasteiger partial charge in [0.1, 0.15) is 5.75 Å². The van der Waals surface area contributed by atoms with Crippen LogP contribution >= 0.6 is 24.0 Å². The molecule has 1 aromatic rings. The summed E-state index contributed by atoms with van der Waals surface area (Å²) in [5.41, 5.74) is 6.24. The maximum absolute atomic E-state index is 9.36. The van der Waals surface area contributed by atoms with Crippen molar-refractivity contribution >= 4 is 24.0 Å². The molecule has 0 bridgehead atoms. The van der Waals surface area contributed by atoms with Crippen LogP contribution in [0.3, 0.4) is 0 Å². The predicted octanol–water partition coefficient (Wildman–Crippen LogP) is 2.49. The van der Waals surface area contributed by atoms with Crippen LogP contribution in [0.15, 0.2) is 18.2 Å². The van der Waals surface area contributed by atoms with E-state index in [2.05, 4.69) is 0 Å². The highest BCUT2D eigenvalue weighted by atomic mass is 35.5. The minimum Gasteiger partial charge on any atom is -0.506 e. The van der Waals surface area contributed by atoms with E-state index >= 15 is 0 Å². The summed E-state index contributed by atoms with van der Waals surface area (Å²) in [6.45, 7) is 1.80. The highest BCUT2D eigenvalue weighted by molar-refractivity contribution is 6.32. The van der Waals surface area contributed by atoms with Gasteiger partial charge >= 0.3 is 0 Å². The number of hydrogen-bond acceptors (Lipinski definition) is 2. The normalized spacial score (nSPS) is 11.9. The van der Waals surface area contributed by atoms with E-state index in [4.69, 9.17) is 17.3 Å². The summed E-state index contributed by atoms with van der Waals surface area (Å²) >= 11 is 5.65. The lowest BCUT2D eigenvalue weighted by Gasteiger charge is -2.08. The molecule has 3 N–H and O–H groups in total. The third-order valence-corrected chi connectivity index (χ3v) is 1.81. The Balaban J connectivity index is 0.00000121. The Morgan fingerprint density at radius 1 is 1.50 bits per heavy atom. The van der Waals surface area contributed by atoms with Crippen molar-refractivity contribution in [2.75, 3.05) is 0 Å². The van der Waals surface area contributed by atoms with E-state index in [0.29, 0.717) is 10.6 Å². The van der Waals surface area contributed by atoms with Gasteiger partial charge in [0, 0.05) is 11.6 Å². The molecule has 2 nitrogen and oxygen atoms in total. The first-order valence-electron chi connectivity index (χ1n) is 3.36. The number of benzene rings is 1. The van der Waals surface area contributed by atoms with Gasteiger partial charge in [0.2, 0.25) is 0 Å². The Morgan fingerprint density at radius 2 is 2.08 bits per heavy atom. The van der Waals surface area contributed by atoms with E-state index in [1.165, 1.54) is 0 Å². The molecule has 0 aliphatic heterocycles. The van der Waals surface area contributed by atoms with Gasteiger partial charge in [-0.2, -0.15) is 0 Å². The molecule has 0 saturated heterocycles. The maximum atomic E-state index is 9.36. The van der Waals surface area contributed by atoms with Crippen molar-refractivity contribution in [3.63, 3.8) is 0 Å². The van der Waals surface area contributed by atoms with Gasteiger partial charge in [-0.25, -0.2) is 0 Å². The van der Waals surface area contributed by atoms with Crippen LogP contribution in [-0.2, 0) is 0 Å². The SMILES string of the molecule is C[C@@H](N)c1cccc(Cl)c1O.Cl. The highest BCUT2D eigenvalue weighted by Gasteiger charge is 2.07. The Labute approximate surface area is 82.8 Å². The Hall–Kier alpha value is -0.440. The third-order valence-electron chi connectivity index (χ3n) is 1.51. The molecule has 0 spiro atoms. The fraction of sp³-hybridized carbons (Fsp3) is 0.250. The Bertz CT molecular complexity index is 263. The maximum Gasteiger partial charge on any atom is 0.138 e. The van der Waals surface area contributed by atoms with Crippen LogP contribution in [0.4, 0.5) is 0 Å². The van der Waals surface area contributed by atoms with E-state index in [9.17, 15) is 5.11 Å². The van der Waals surface area contributed by atoms with Gasteiger partial charge in [-0.15, -0.1) is 12.4 Å². The summed E-state index contributed by atoms with van der Waals surface area (Å²) in [6, 6.07) is 4.96. The molecular weight excluding hydrogens is 197 g/mol. The molecule has 1 rings (SSSR count). The van der Waals surface area contributed by atoms with Gasteiger partial charge < -0.3 is 10.8 Å². The van der Waals surface area contributed by atoms with Gasteiger partial charge in [0.15, 0.2) is 0 Å². The van der Waals surface area contributed by atoms with E-state index in [1.807, 2.05) is 0 Å². The summed E-state index contributed by atoms with van der Waals surface area (Å²) in [4.78, 5) is 0. The fourth-order valence-electron chi connectivity index (χ4n) is 0.899. The molecule has 0 saturated carbocycles. The molecule has 1 atom stereocenters. The van der Waals surface area contributed by atoms with Crippen LogP contribution in [0.5, 0.6) is 5.75 Å². The number of para-hydroxylation sites is 1. The molecule has 0 unspecified atom stereocenters. The molecule has 0 amide bonds. The van der Waals surface area contributed by atoms with Crippen molar-refractivity contribution in [1.29, 1.82) is 0 Å². The number of nitrogens with two attached hydrogens (primary N) is 1.